The third-order valence-electron chi connectivity index (χ3n) is 7.15. The minimum Gasteiger partial charge on any atom is -0.493 e. The third-order valence-corrected chi connectivity index (χ3v) is 7.15. The SMILES string of the molecule is O=C(NCCc1c[nH]c2ccccc12)[C@@H]1C[C@H](COc2cccc(C(F)(F)F)c2)CN(Cc2ccncc2)C1. The Bertz CT molecular complexity index is 1390. The lowest BCUT2D eigenvalue weighted by molar-refractivity contribution is -0.137. The number of fused-ring (bicyclic) bond motifs is 1. The number of hydrogen-bond donors (Lipinski definition) is 2. The van der Waals surface area contributed by atoms with Gasteiger partial charge in [0.2, 0.25) is 5.91 Å². The highest BCUT2D eigenvalue weighted by Gasteiger charge is 2.33. The van der Waals surface area contributed by atoms with Gasteiger partial charge < -0.3 is 15.0 Å². The molecule has 0 spiro atoms. The van der Waals surface area contributed by atoms with Crippen LogP contribution in [0.25, 0.3) is 10.9 Å². The number of hydrogen-bond acceptors (Lipinski definition) is 4. The van der Waals surface area contributed by atoms with Gasteiger partial charge in [0.05, 0.1) is 18.1 Å². The second-order valence-electron chi connectivity index (χ2n) is 10.1. The molecule has 2 N–H and O–H groups in total. The topological polar surface area (TPSA) is 70.2 Å². The number of para-hydroxylation sites is 1. The first kappa shape index (κ1) is 26.7. The van der Waals surface area contributed by atoms with Crippen LogP contribution in [0.1, 0.15) is 23.1 Å². The molecule has 6 nitrogen and oxygen atoms in total. The monoisotopic (exact) mass is 536 g/mol. The molecule has 1 aliphatic rings. The normalized spacial score (nSPS) is 18.2. The number of amides is 1. The van der Waals surface area contributed by atoms with Gasteiger partial charge in [0.15, 0.2) is 0 Å². The van der Waals surface area contributed by atoms with Gasteiger partial charge in [-0.05, 0) is 60.4 Å². The number of pyridine rings is 1. The largest absolute Gasteiger partial charge is 0.493 e. The number of alkyl halides is 3. The Morgan fingerprint density at radius 3 is 2.72 bits per heavy atom. The van der Waals surface area contributed by atoms with Crippen molar-refractivity contribution < 1.29 is 22.7 Å². The number of aromatic amines is 1. The quantitative estimate of drug-likeness (QED) is 0.298. The summed E-state index contributed by atoms with van der Waals surface area (Å²) in [5.41, 5.74) is 2.57. The van der Waals surface area contributed by atoms with Gasteiger partial charge in [-0.2, -0.15) is 13.2 Å². The Morgan fingerprint density at radius 1 is 1.08 bits per heavy atom. The van der Waals surface area contributed by atoms with E-state index in [2.05, 4.69) is 26.3 Å². The van der Waals surface area contributed by atoms with E-state index >= 15 is 0 Å². The van der Waals surface area contributed by atoms with E-state index in [1.807, 2.05) is 36.5 Å². The van der Waals surface area contributed by atoms with E-state index in [4.69, 9.17) is 4.74 Å². The molecule has 0 bridgehead atoms. The molecule has 1 fully saturated rings. The highest BCUT2D eigenvalue weighted by Crippen LogP contribution is 2.32. The number of aromatic nitrogens is 2. The van der Waals surface area contributed by atoms with Crippen molar-refractivity contribution in [3.05, 3.63) is 95.9 Å². The maximum absolute atomic E-state index is 13.2. The number of ether oxygens (including phenoxy) is 1. The number of nitrogens with one attached hydrogen (secondary N) is 2. The molecule has 3 heterocycles. The van der Waals surface area contributed by atoms with Gasteiger partial charge >= 0.3 is 6.18 Å². The molecule has 4 aromatic rings. The maximum Gasteiger partial charge on any atom is 0.416 e. The molecule has 2 aromatic carbocycles. The molecule has 1 amide bonds. The molecular weight excluding hydrogens is 505 g/mol. The number of carbonyl (C=O) groups excluding carboxylic acids is 1. The van der Waals surface area contributed by atoms with E-state index in [1.54, 1.807) is 12.4 Å². The lowest BCUT2D eigenvalue weighted by atomic mass is 9.88. The summed E-state index contributed by atoms with van der Waals surface area (Å²) >= 11 is 0. The van der Waals surface area contributed by atoms with Crippen LogP contribution in [-0.4, -0.2) is 47.0 Å². The minimum absolute atomic E-state index is 0.0144. The summed E-state index contributed by atoms with van der Waals surface area (Å²) in [6, 6.07) is 16.9. The van der Waals surface area contributed by atoms with Gasteiger partial charge in [0, 0.05) is 61.6 Å². The summed E-state index contributed by atoms with van der Waals surface area (Å²) in [7, 11) is 0. The first-order valence-electron chi connectivity index (χ1n) is 13.1. The molecule has 204 valence electrons. The zero-order valence-electron chi connectivity index (χ0n) is 21.5. The van der Waals surface area contributed by atoms with Crippen molar-refractivity contribution in [1.29, 1.82) is 0 Å². The van der Waals surface area contributed by atoms with Gasteiger partial charge in [0.1, 0.15) is 5.75 Å². The number of benzene rings is 2. The molecule has 0 saturated carbocycles. The molecule has 5 rings (SSSR count). The molecule has 0 radical (unpaired) electrons. The first-order valence-corrected chi connectivity index (χ1v) is 13.1. The Labute approximate surface area is 225 Å². The minimum atomic E-state index is -4.43. The second-order valence-corrected chi connectivity index (χ2v) is 10.1. The van der Waals surface area contributed by atoms with E-state index in [0.717, 1.165) is 34.2 Å². The van der Waals surface area contributed by atoms with Crippen LogP contribution in [-0.2, 0) is 23.9 Å². The number of carbonyl (C=O) groups is 1. The number of nitrogens with zero attached hydrogens (tertiary/aromatic N) is 2. The van der Waals surface area contributed by atoms with E-state index in [9.17, 15) is 18.0 Å². The molecular formula is C30H31F3N4O2. The zero-order valence-corrected chi connectivity index (χ0v) is 21.5. The summed E-state index contributed by atoms with van der Waals surface area (Å²) in [6.45, 7) is 2.68. The highest BCUT2D eigenvalue weighted by atomic mass is 19.4. The Kier molecular flexibility index (Phi) is 8.16. The smallest absolute Gasteiger partial charge is 0.416 e. The number of H-pyrrole nitrogens is 1. The predicted molar refractivity (Wildman–Crippen MR) is 143 cm³/mol. The summed E-state index contributed by atoms with van der Waals surface area (Å²) in [5.74, 6) is -0.104. The van der Waals surface area contributed by atoms with Crippen LogP contribution in [0.5, 0.6) is 5.75 Å². The van der Waals surface area contributed by atoms with Crippen LogP contribution in [0.2, 0.25) is 0 Å². The van der Waals surface area contributed by atoms with Crippen LogP contribution in [0.3, 0.4) is 0 Å². The average Bonchev–Trinajstić information content (AvgIpc) is 3.35. The fourth-order valence-corrected chi connectivity index (χ4v) is 5.27. The zero-order chi connectivity index (χ0) is 27.2. The lowest BCUT2D eigenvalue weighted by Crippen LogP contribution is -2.47. The van der Waals surface area contributed by atoms with Crippen molar-refractivity contribution in [3.8, 4) is 5.75 Å². The molecule has 9 heteroatoms. The predicted octanol–water partition coefficient (Wildman–Crippen LogP) is 5.46. The maximum atomic E-state index is 13.2. The molecule has 1 aliphatic heterocycles. The fraction of sp³-hybridized carbons (Fsp3) is 0.333. The Morgan fingerprint density at radius 2 is 1.90 bits per heavy atom. The lowest BCUT2D eigenvalue weighted by Gasteiger charge is -2.37. The molecule has 39 heavy (non-hydrogen) atoms. The van der Waals surface area contributed by atoms with Gasteiger partial charge in [-0.1, -0.05) is 24.3 Å². The summed E-state index contributed by atoms with van der Waals surface area (Å²) < 4.78 is 45.2. The third kappa shape index (κ3) is 6.97. The Hall–Kier alpha value is -3.85. The van der Waals surface area contributed by atoms with E-state index in [-0.39, 0.29) is 30.1 Å². The number of halogens is 3. The van der Waals surface area contributed by atoms with Gasteiger partial charge in [0.25, 0.3) is 0 Å². The number of likely N-dealkylation sites (tertiary alicyclic amines) is 1. The fourth-order valence-electron chi connectivity index (χ4n) is 5.27. The standard InChI is InChI=1S/C30H31F3N4O2/c31-30(32,33)25-4-3-5-26(15-25)39-20-22-14-24(19-37(18-22)17-21-8-11-34-12-9-21)29(38)35-13-10-23-16-36-28-7-2-1-6-27(23)28/h1-9,11-12,15-16,22,24,36H,10,13-14,17-20H2,(H,35,38)/t22-,24+/m0/s1. The molecule has 1 saturated heterocycles. The number of rotatable bonds is 9. The van der Waals surface area contributed by atoms with Gasteiger partial charge in [-0.3, -0.25) is 14.7 Å². The van der Waals surface area contributed by atoms with E-state index < -0.39 is 11.7 Å². The van der Waals surface area contributed by atoms with Crippen molar-refractivity contribution in [2.75, 3.05) is 26.2 Å². The van der Waals surface area contributed by atoms with Crippen LogP contribution in [0, 0.1) is 11.8 Å². The summed E-state index contributed by atoms with van der Waals surface area (Å²) in [4.78, 5) is 22.8. The van der Waals surface area contributed by atoms with Gasteiger partial charge in [-0.15, -0.1) is 0 Å². The van der Waals surface area contributed by atoms with Crippen molar-refractivity contribution in [2.45, 2.75) is 25.6 Å². The number of piperidine rings is 1. The first-order chi connectivity index (χ1) is 18.8. The Balaban J connectivity index is 1.22. The highest BCUT2D eigenvalue weighted by molar-refractivity contribution is 5.83. The molecule has 2 aromatic heterocycles. The molecule has 2 atom stereocenters. The van der Waals surface area contributed by atoms with Crippen molar-refractivity contribution in [3.63, 3.8) is 0 Å². The van der Waals surface area contributed by atoms with Crippen molar-refractivity contribution in [1.82, 2.24) is 20.2 Å². The average molecular weight is 537 g/mol. The van der Waals surface area contributed by atoms with Crippen LogP contribution in [0.4, 0.5) is 13.2 Å². The van der Waals surface area contributed by atoms with Gasteiger partial charge in [-0.25, -0.2) is 0 Å². The van der Waals surface area contributed by atoms with Crippen LogP contribution >= 0.6 is 0 Å². The van der Waals surface area contributed by atoms with E-state index in [0.29, 0.717) is 39.0 Å². The van der Waals surface area contributed by atoms with E-state index in [1.165, 1.54) is 12.1 Å². The molecule has 0 aliphatic carbocycles. The van der Waals surface area contributed by atoms with Crippen molar-refractivity contribution >= 4 is 16.8 Å². The van der Waals surface area contributed by atoms with Crippen LogP contribution < -0.4 is 10.1 Å². The summed E-state index contributed by atoms with van der Waals surface area (Å²) in [6.07, 6.45) is 2.34. The van der Waals surface area contributed by atoms with Crippen LogP contribution in [0.15, 0.2) is 79.3 Å². The summed E-state index contributed by atoms with van der Waals surface area (Å²) in [5, 5.41) is 4.26. The second kappa shape index (κ2) is 11.9. The van der Waals surface area contributed by atoms with Crippen molar-refractivity contribution in [2.24, 2.45) is 11.8 Å². The molecule has 0 unspecified atom stereocenters.